The minimum atomic E-state index is -0.777. The third-order valence-electron chi connectivity index (χ3n) is 2.39. The number of allylic oxidation sites excluding steroid dienone is 1. The van der Waals surface area contributed by atoms with Crippen LogP contribution in [0.4, 0.5) is 8.78 Å². The van der Waals surface area contributed by atoms with E-state index < -0.39 is 11.6 Å². The summed E-state index contributed by atoms with van der Waals surface area (Å²) in [7, 11) is 1.88. The lowest BCUT2D eigenvalue weighted by Crippen LogP contribution is -2.06. The van der Waals surface area contributed by atoms with E-state index in [0.717, 1.165) is 24.6 Å². The van der Waals surface area contributed by atoms with Crippen molar-refractivity contribution < 1.29 is 8.78 Å². The summed E-state index contributed by atoms with van der Waals surface area (Å²) in [5, 5.41) is 3.03. The number of halogens is 2. The van der Waals surface area contributed by atoms with E-state index in [-0.39, 0.29) is 0 Å². The minimum Gasteiger partial charge on any atom is -0.319 e. The summed E-state index contributed by atoms with van der Waals surface area (Å²) in [6.07, 6.45) is 3.41. The summed E-state index contributed by atoms with van der Waals surface area (Å²) in [6.45, 7) is 2.82. The molecule has 1 aromatic carbocycles. The van der Waals surface area contributed by atoms with Crippen LogP contribution in [0.5, 0.6) is 0 Å². The Morgan fingerprint density at radius 1 is 1.38 bits per heavy atom. The molecule has 0 saturated heterocycles. The zero-order valence-electron chi connectivity index (χ0n) is 9.69. The van der Waals surface area contributed by atoms with Gasteiger partial charge >= 0.3 is 0 Å². The average Bonchev–Trinajstić information content (AvgIpc) is 2.25. The van der Waals surface area contributed by atoms with Gasteiger partial charge in [0.2, 0.25) is 0 Å². The Balaban J connectivity index is 2.66. The lowest BCUT2D eigenvalue weighted by atomic mass is 10.0. The predicted octanol–water partition coefficient (Wildman–Crippen LogP) is 3.06. The van der Waals surface area contributed by atoms with Crippen LogP contribution in [0, 0.1) is 11.6 Å². The van der Waals surface area contributed by atoms with Crippen LogP contribution in [0.15, 0.2) is 29.8 Å². The van der Waals surface area contributed by atoms with Crippen molar-refractivity contribution in [2.24, 2.45) is 0 Å². The van der Waals surface area contributed by atoms with Crippen LogP contribution in [0.1, 0.15) is 18.9 Å². The van der Waals surface area contributed by atoms with Crippen LogP contribution >= 0.6 is 0 Å². The first-order valence-corrected chi connectivity index (χ1v) is 5.38. The molecule has 1 aromatic rings. The van der Waals surface area contributed by atoms with Crippen molar-refractivity contribution in [1.82, 2.24) is 5.32 Å². The van der Waals surface area contributed by atoms with E-state index in [1.165, 1.54) is 6.07 Å². The Morgan fingerprint density at radius 2 is 2.12 bits per heavy atom. The maximum atomic E-state index is 13.3. The normalized spacial score (nSPS) is 11.9. The number of rotatable bonds is 5. The van der Waals surface area contributed by atoms with E-state index in [4.69, 9.17) is 0 Å². The molecule has 0 heterocycles. The summed E-state index contributed by atoms with van der Waals surface area (Å²) in [5.74, 6) is -1.51. The summed E-state index contributed by atoms with van der Waals surface area (Å²) in [4.78, 5) is 0. The van der Waals surface area contributed by atoms with Gasteiger partial charge in [0.1, 0.15) is 0 Å². The topological polar surface area (TPSA) is 12.0 Å². The van der Waals surface area contributed by atoms with Crippen molar-refractivity contribution in [3.05, 3.63) is 47.0 Å². The third-order valence-corrected chi connectivity index (χ3v) is 2.39. The van der Waals surface area contributed by atoms with Crippen molar-refractivity contribution in [1.29, 1.82) is 0 Å². The van der Waals surface area contributed by atoms with Gasteiger partial charge in [0.15, 0.2) is 11.6 Å². The molecule has 16 heavy (non-hydrogen) atoms. The molecule has 0 aromatic heterocycles. The molecule has 0 aliphatic heterocycles. The maximum Gasteiger partial charge on any atom is 0.162 e. The largest absolute Gasteiger partial charge is 0.319 e. The molecule has 1 nitrogen and oxygen atoms in total. The van der Waals surface area contributed by atoms with Crippen molar-refractivity contribution in [3.8, 4) is 0 Å². The molecule has 0 fully saturated rings. The third kappa shape index (κ3) is 3.74. The first-order chi connectivity index (χ1) is 7.65. The quantitative estimate of drug-likeness (QED) is 0.600. The molecule has 3 heteroatoms. The minimum absolute atomic E-state index is 0.415. The van der Waals surface area contributed by atoms with E-state index in [1.807, 2.05) is 20.0 Å². The smallest absolute Gasteiger partial charge is 0.162 e. The summed E-state index contributed by atoms with van der Waals surface area (Å²) >= 11 is 0. The molecule has 1 N–H and O–H groups in total. The van der Waals surface area contributed by atoms with Crippen LogP contribution < -0.4 is 5.32 Å². The van der Waals surface area contributed by atoms with Crippen LogP contribution in [-0.2, 0) is 6.42 Å². The van der Waals surface area contributed by atoms with E-state index in [2.05, 4.69) is 5.32 Å². The molecular formula is C13H17F2N. The maximum absolute atomic E-state index is 13.3. The Kier molecular flexibility index (Phi) is 5.12. The molecule has 0 spiro atoms. The SMILES string of the molecule is CNCCC=C(C)Cc1cccc(F)c1F. The van der Waals surface area contributed by atoms with Gasteiger partial charge in [0.05, 0.1) is 0 Å². The fourth-order valence-electron chi connectivity index (χ4n) is 1.52. The molecule has 0 radical (unpaired) electrons. The van der Waals surface area contributed by atoms with Gasteiger partial charge in [0.25, 0.3) is 0 Å². The molecule has 0 saturated carbocycles. The Labute approximate surface area is 95.2 Å². The van der Waals surface area contributed by atoms with Gasteiger partial charge in [-0.2, -0.15) is 0 Å². The molecule has 0 aliphatic rings. The number of nitrogens with one attached hydrogen (secondary N) is 1. The van der Waals surface area contributed by atoms with Crippen molar-refractivity contribution in [3.63, 3.8) is 0 Å². The Bertz CT molecular complexity index is 372. The highest BCUT2D eigenvalue weighted by Crippen LogP contribution is 2.15. The zero-order chi connectivity index (χ0) is 12.0. The van der Waals surface area contributed by atoms with Crippen LogP contribution in [-0.4, -0.2) is 13.6 Å². The molecule has 0 atom stereocenters. The highest BCUT2D eigenvalue weighted by atomic mass is 19.2. The van der Waals surface area contributed by atoms with Gasteiger partial charge in [-0.25, -0.2) is 8.78 Å². The zero-order valence-corrected chi connectivity index (χ0v) is 9.69. The number of benzene rings is 1. The van der Waals surface area contributed by atoms with E-state index in [9.17, 15) is 8.78 Å². The van der Waals surface area contributed by atoms with Crippen LogP contribution in [0.3, 0.4) is 0 Å². The first-order valence-electron chi connectivity index (χ1n) is 5.38. The summed E-state index contributed by atoms with van der Waals surface area (Å²) in [5.41, 5.74) is 1.47. The summed E-state index contributed by atoms with van der Waals surface area (Å²) < 4.78 is 26.3. The molecule has 0 unspecified atom stereocenters. The van der Waals surface area contributed by atoms with Gasteiger partial charge in [-0.1, -0.05) is 23.8 Å². The van der Waals surface area contributed by atoms with Gasteiger partial charge in [-0.3, -0.25) is 0 Å². The van der Waals surface area contributed by atoms with Crippen LogP contribution in [0.2, 0.25) is 0 Å². The Morgan fingerprint density at radius 3 is 2.81 bits per heavy atom. The van der Waals surface area contributed by atoms with Crippen molar-refractivity contribution in [2.45, 2.75) is 19.8 Å². The lowest BCUT2D eigenvalue weighted by molar-refractivity contribution is 0.500. The molecule has 1 rings (SSSR count). The van der Waals surface area contributed by atoms with E-state index in [1.54, 1.807) is 6.07 Å². The van der Waals surface area contributed by atoms with Gasteiger partial charge in [0, 0.05) is 0 Å². The Hall–Kier alpha value is -1.22. The standard InChI is InChI=1S/C13H17F2N/c1-10(5-4-8-16-2)9-11-6-3-7-12(14)13(11)15/h3,5-7,16H,4,8-9H2,1-2H3. The van der Waals surface area contributed by atoms with Gasteiger partial charge in [-0.05, 0) is 45.0 Å². The summed E-state index contributed by atoms with van der Waals surface area (Å²) in [6, 6.07) is 4.29. The number of hydrogen-bond donors (Lipinski definition) is 1. The van der Waals surface area contributed by atoms with Gasteiger partial charge < -0.3 is 5.32 Å². The molecule has 0 amide bonds. The molecule has 0 bridgehead atoms. The average molecular weight is 225 g/mol. The second-order valence-electron chi connectivity index (χ2n) is 3.83. The van der Waals surface area contributed by atoms with Crippen molar-refractivity contribution >= 4 is 0 Å². The predicted molar refractivity (Wildman–Crippen MR) is 62.4 cm³/mol. The lowest BCUT2D eigenvalue weighted by Gasteiger charge is -2.04. The number of hydrogen-bond acceptors (Lipinski definition) is 1. The highest BCUT2D eigenvalue weighted by Gasteiger charge is 2.07. The van der Waals surface area contributed by atoms with Crippen LogP contribution in [0.25, 0.3) is 0 Å². The fraction of sp³-hybridized carbons (Fsp3) is 0.385. The van der Waals surface area contributed by atoms with Crippen molar-refractivity contribution in [2.75, 3.05) is 13.6 Å². The van der Waals surface area contributed by atoms with E-state index in [0.29, 0.717) is 12.0 Å². The first kappa shape index (κ1) is 12.8. The van der Waals surface area contributed by atoms with E-state index >= 15 is 0 Å². The van der Waals surface area contributed by atoms with Gasteiger partial charge in [-0.15, -0.1) is 0 Å². The molecule has 0 aliphatic carbocycles. The monoisotopic (exact) mass is 225 g/mol. The second-order valence-corrected chi connectivity index (χ2v) is 3.83. The second kappa shape index (κ2) is 6.38. The molecular weight excluding hydrogens is 208 g/mol. The molecule has 88 valence electrons. The highest BCUT2D eigenvalue weighted by molar-refractivity contribution is 5.23. The fourth-order valence-corrected chi connectivity index (χ4v) is 1.52.